The van der Waals surface area contributed by atoms with Gasteiger partial charge in [0.05, 0.1) is 5.41 Å². The number of hydrogen-bond donors (Lipinski definition) is 2. The Morgan fingerprint density at radius 1 is 1.12 bits per heavy atom. The van der Waals surface area contributed by atoms with Gasteiger partial charge in [0.25, 0.3) is 0 Å². The van der Waals surface area contributed by atoms with Gasteiger partial charge in [0.15, 0.2) is 0 Å². The van der Waals surface area contributed by atoms with Gasteiger partial charge in [-0.1, -0.05) is 29.8 Å². The largest absolute Gasteiger partial charge is 0.480 e. The van der Waals surface area contributed by atoms with Crippen LogP contribution in [-0.2, 0) is 15.0 Å². The molecule has 0 aromatic heterocycles. The molecule has 5 rings (SSSR count). The van der Waals surface area contributed by atoms with Gasteiger partial charge in [-0.15, -0.1) is 0 Å². The summed E-state index contributed by atoms with van der Waals surface area (Å²) in [5, 5.41) is 11.9. The summed E-state index contributed by atoms with van der Waals surface area (Å²) in [6, 6.07) is 8.01. The van der Waals surface area contributed by atoms with E-state index in [0.29, 0.717) is 11.8 Å². The van der Waals surface area contributed by atoms with Crippen LogP contribution in [0.1, 0.15) is 56.6 Å². The van der Waals surface area contributed by atoms with Crippen LogP contribution in [0.25, 0.3) is 0 Å². The molecule has 1 amide bonds. The van der Waals surface area contributed by atoms with Gasteiger partial charge in [0.1, 0.15) is 6.04 Å². The van der Waals surface area contributed by atoms with E-state index in [1.165, 1.54) is 30.4 Å². The number of benzene rings is 1. The minimum Gasteiger partial charge on any atom is -0.480 e. The molecule has 0 heterocycles. The van der Waals surface area contributed by atoms with E-state index in [9.17, 15) is 9.59 Å². The van der Waals surface area contributed by atoms with Crippen LogP contribution in [-0.4, -0.2) is 23.0 Å². The van der Waals surface area contributed by atoms with Crippen LogP contribution in [0, 0.1) is 24.2 Å². The third-order valence-corrected chi connectivity index (χ3v) is 6.92. The Bertz CT molecular complexity index is 694. The minimum atomic E-state index is -0.966. The van der Waals surface area contributed by atoms with E-state index in [1.54, 1.807) is 6.92 Å². The first kappa shape index (κ1) is 16.6. The average molecular weight is 341 g/mol. The summed E-state index contributed by atoms with van der Waals surface area (Å²) in [6.45, 7) is 3.65. The molecule has 0 radical (unpaired) electrons. The standard InChI is InChI=1S/C21H27NO3/c1-13-3-5-17(6-4-13)20-8-15-7-16(9-20)11-21(10-15,12-20)19(25)22-14(2)18(23)24/h3-6,14-16H,7-12H2,1-2H3,(H,22,25)(H,23,24)/t14-,15+,16+,20?,21?/m0/s1. The zero-order valence-corrected chi connectivity index (χ0v) is 15.0. The predicted molar refractivity (Wildman–Crippen MR) is 95.2 cm³/mol. The zero-order valence-electron chi connectivity index (χ0n) is 15.0. The number of carboxylic acid groups (broad SMARTS) is 1. The molecular weight excluding hydrogens is 314 g/mol. The van der Waals surface area contributed by atoms with Gasteiger partial charge in [-0.2, -0.15) is 0 Å². The lowest BCUT2D eigenvalue weighted by Gasteiger charge is -2.61. The number of carbonyl (C=O) groups is 2. The van der Waals surface area contributed by atoms with Crippen LogP contribution < -0.4 is 5.32 Å². The van der Waals surface area contributed by atoms with Gasteiger partial charge in [-0.05, 0) is 75.2 Å². The van der Waals surface area contributed by atoms with E-state index in [4.69, 9.17) is 5.11 Å². The van der Waals surface area contributed by atoms with Crippen molar-refractivity contribution in [2.75, 3.05) is 0 Å². The highest BCUT2D eigenvalue weighted by molar-refractivity contribution is 5.87. The topological polar surface area (TPSA) is 66.4 Å². The van der Waals surface area contributed by atoms with Crippen LogP contribution >= 0.6 is 0 Å². The van der Waals surface area contributed by atoms with E-state index >= 15 is 0 Å². The Hall–Kier alpha value is -1.84. The second-order valence-electron chi connectivity index (χ2n) is 8.92. The predicted octanol–water partition coefficient (Wildman–Crippen LogP) is 3.42. The summed E-state index contributed by atoms with van der Waals surface area (Å²) < 4.78 is 0. The molecule has 134 valence electrons. The third-order valence-electron chi connectivity index (χ3n) is 6.92. The Kier molecular flexibility index (Phi) is 3.71. The normalized spacial score (nSPS) is 36.9. The lowest BCUT2D eigenvalue weighted by Crippen LogP contribution is -2.60. The molecule has 1 aromatic rings. The van der Waals surface area contributed by atoms with Crippen molar-refractivity contribution in [3.05, 3.63) is 35.4 Å². The fourth-order valence-corrected chi connectivity index (χ4v) is 6.18. The molecule has 4 heteroatoms. The van der Waals surface area contributed by atoms with Crippen molar-refractivity contribution in [1.82, 2.24) is 5.32 Å². The van der Waals surface area contributed by atoms with Crippen LogP contribution in [0.15, 0.2) is 24.3 Å². The Morgan fingerprint density at radius 2 is 1.72 bits per heavy atom. The van der Waals surface area contributed by atoms with Gasteiger partial charge in [-0.25, -0.2) is 0 Å². The molecule has 2 N–H and O–H groups in total. The van der Waals surface area contributed by atoms with Crippen molar-refractivity contribution >= 4 is 11.9 Å². The van der Waals surface area contributed by atoms with Crippen molar-refractivity contribution in [2.24, 2.45) is 17.3 Å². The van der Waals surface area contributed by atoms with E-state index in [1.807, 2.05) is 0 Å². The maximum Gasteiger partial charge on any atom is 0.325 e. The molecule has 0 spiro atoms. The number of rotatable bonds is 4. The van der Waals surface area contributed by atoms with Gasteiger partial charge in [0.2, 0.25) is 5.91 Å². The summed E-state index contributed by atoms with van der Waals surface area (Å²) in [5.74, 6) is 0.182. The van der Waals surface area contributed by atoms with Crippen LogP contribution in [0.2, 0.25) is 0 Å². The fourth-order valence-electron chi connectivity index (χ4n) is 6.18. The highest BCUT2D eigenvalue weighted by atomic mass is 16.4. The highest BCUT2D eigenvalue weighted by Gasteiger charge is 2.61. The van der Waals surface area contributed by atoms with E-state index < -0.39 is 12.0 Å². The molecule has 0 aliphatic heterocycles. The van der Waals surface area contributed by atoms with Crippen LogP contribution in [0.4, 0.5) is 0 Å². The molecule has 0 saturated heterocycles. The summed E-state index contributed by atoms with van der Waals surface area (Å²) in [5.41, 5.74) is 2.35. The smallest absolute Gasteiger partial charge is 0.325 e. The third kappa shape index (κ3) is 2.66. The van der Waals surface area contributed by atoms with Crippen molar-refractivity contribution in [2.45, 2.75) is 63.8 Å². The molecule has 0 unspecified atom stereocenters. The summed E-state index contributed by atoms with van der Waals surface area (Å²) in [4.78, 5) is 24.2. The molecular formula is C21H27NO3. The number of carboxylic acids is 1. The fraction of sp³-hybridized carbons (Fsp3) is 0.619. The molecule has 4 saturated carbocycles. The summed E-state index contributed by atoms with van der Waals surface area (Å²) in [7, 11) is 0. The Morgan fingerprint density at radius 3 is 2.28 bits per heavy atom. The SMILES string of the molecule is Cc1ccc(C23C[C@H]4C[C@@H](CC(C(=O)N[C@@H](C)C(=O)O)(C4)C2)C3)cc1. The first-order valence-corrected chi connectivity index (χ1v) is 9.43. The van der Waals surface area contributed by atoms with Gasteiger partial charge < -0.3 is 10.4 Å². The first-order valence-electron chi connectivity index (χ1n) is 9.43. The summed E-state index contributed by atoms with van der Waals surface area (Å²) >= 11 is 0. The second kappa shape index (κ2) is 5.58. The van der Waals surface area contributed by atoms with Gasteiger partial charge in [-0.3, -0.25) is 9.59 Å². The second-order valence-corrected chi connectivity index (χ2v) is 8.92. The molecule has 1 aromatic carbocycles. The lowest BCUT2D eigenvalue weighted by atomic mass is 9.42. The van der Waals surface area contributed by atoms with Crippen LogP contribution in [0.5, 0.6) is 0 Å². The van der Waals surface area contributed by atoms with Crippen molar-refractivity contribution in [3.63, 3.8) is 0 Å². The van der Waals surface area contributed by atoms with Crippen molar-refractivity contribution in [3.8, 4) is 0 Å². The number of nitrogens with one attached hydrogen (secondary N) is 1. The minimum absolute atomic E-state index is 0.0343. The Labute approximate surface area is 149 Å². The van der Waals surface area contributed by atoms with Gasteiger partial charge in [0, 0.05) is 0 Å². The molecule has 3 atom stereocenters. The van der Waals surface area contributed by atoms with Crippen molar-refractivity contribution < 1.29 is 14.7 Å². The maximum absolute atomic E-state index is 13.1. The van der Waals surface area contributed by atoms with E-state index in [0.717, 1.165) is 19.3 Å². The lowest BCUT2D eigenvalue weighted by molar-refractivity contribution is -0.153. The summed E-state index contributed by atoms with van der Waals surface area (Å²) in [6.07, 6.45) is 6.31. The monoisotopic (exact) mass is 341 g/mol. The number of amides is 1. The first-order chi connectivity index (χ1) is 11.8. The molecule has 4 aliphatic rings. The van der Waals surface area contributed by atoms with E-state index in [-0.39, 0.29) is 16.7 Å². The number of aryl methyl sites for hydroxylation is 1. The maximum atomic E-state index is 13.1. The van der Waals surface area contributed by atoms with Crippen molar-refractivity contribution in [1.29, 1.82) is 0 Å². The zero-order chi connectivity index (χ0) is 17.8. The van der Waals surface area contributed by atoms with Crippen LogP contribution in [0.3, 0.4) is 0 Å². The number of aliphatic carboxylic acids is 1. The van der Waals surface area contributed by atoms with E-state index in [2.05, 4.69) is 36.5 Å². The quantitative estimate of drug-likeness (QED) is 0.882. The molecule has 4 nitrogen and oxygen atoms in total. The van der Waals surface area contributed by atoms with Gasteiger partial charge >= 0.3 is 5.97 Å². The average Bonchev–Trinajstić information content (AvgIpc) is 2.53. The molecule has 25 heavy (non-hydrogen) atoms. The highest BCUT2D eigenvalue weighted by Crippen LogP contribution is 2.65. The number of hydrogen-bond acceptors (Lipinski definition) is 2. The molecule has 4 bridgehead atoms. The number of carbonyl (C=O) groups excluding carboxylic acids is 1. The Balaban J connectivity index is 1.66. The molecule has 4 aliphatic carbocycles. The molecule has 4 fully saturated rings.